The number of hydrogen-bond acceptors (Lipinski definition) is 3. The van der Waals surface area contributed by atoms with Gasteiger partial charge in [0.2, 0.25) is 0 Å². The first kappa shape index (κ1) is 13.9. The molecule has 0 aromatic carbocycles. The quantitative estimate of drug-likeness (QED) is 0.802. The number of hydrogen-bond donors (Lipinski definition) is 1. The summed E-state index contributed by atoms with van der Waals surface area (Å²) in [5.41, 5.74) is -0.724. The van der Waals surface area contributed by atoms with Crippen LogP contribution in [-0.2, 0) is 4.74 Å². The van der Waals surface area contributed by atoms with E-state index < -0.39 is 5.60 Å². The SMILES string of the molecule is CC1CN(CC(C)(O)C(C)C)CC(C)(C)O1. The Labute approximate surface area is 99.8 Å². The molecule has 0 bridgehead atoms. The number of β-amino-alcohol motifs (C(OH)–C–C–N with tert-alkyl or cyclic N) is 1. The number of morpholine rings is 1. The van der Waals surface area contributed by atoms with Crippen molar-refractivity contribution in [1.82, 2.24) is 4.90 Å². The van der Waals surface area contributed by atoms with Crippen molar-refractivity contribution >= 4 is 0 Å². The zero-order valence-electron chi connectivity index (χ0n) is 11.6. The minimum absolute atomic E-state index is 0.106. The van der Waals surface area contributed by atoms with Crippen molar-refractivity contribution in [2.75, 3.05) is 19.6 Å². The summed E-state index contributed by atoms with van der Waals surface area (Å²) in [6.07, 6.45) is 0.242. The van der Waals surface area contributed by atoms with Crippen LogP contribution in [0.1, 0.15) is 41.5 Å². The van der Waals surface area contributed by atoms with Crippen LogP contribution in [0.15, 0.2) is 0 Å². The second-order valence-corrected chi connectivity index (χ2v) is 6.37. The Bertz CT molecular complexity index is 236. The van der Waals surface area contributed by atoms with Crippen molar-refractivity contribution in [3.63, 3.8) is 0 Å². The third kappa shape index (κ3) is 3.72. The second-order valence-electron chi connectivity index (χ2n) is 6.37. The third-order valence-electron chi connectivity index (χ3n) is 3.43. The number of ether oxygens (including phenoxy) is 1. The Balaban J connectivity index is 2.61. The highest BCUT2D eigenvalue weighted by Gasteiger charge is 2.35. The summed E-state index contributed by atoms with van der Waals surface area (Å²) in [7, 11) is 0. The van der Waals surface area contributed by atoms with Gasteiger partial charge >= 0.3 is 0 Å². The van der Waals surface area contributed by atoms with E-state index in [1.165, 1.54) is 0 Å². The fourth-order valence-corrected chi connectivity index (χ4v) is 2.34. The summed E-state index contributed by atoms with van der Waals surface area (Å²) in [5, 5.41) is 10.3. The lowest BCUT2D eigenvalue weighted by Gasteiger charge is -2.44. The molecule has 0 spiro atoms. The van der Waals surface area contributed by atoms with Crippen LogP contribution in [0.4, 0.5) is 0 Å². The Morgan fingerprint density at radius 1 is 1.50 bits per heavy atom. The zero-order chi connectivity index (χ0) is 12.6. The Kier molecular flexibility index (Phi) is 4.04. The van der Waals surface area contributed by atoms with Crippen molar-refractivity contribution in [3.8, 4) is 0 Å². The molecule has 0 aliphatic carbocycles. The summed E-state index contributed by atoms with van der Waals surface area (Å²) in [5.74, 6) is 0.272. The Morgan fingerprint density at radius 3 is 2.50 bits per heavy atom. The molecule has 1 heterocycles. The van der Waals surface area contributed by atoms with Gasteiger partial charge in [-0.25, -0.2) is 0 Å². The molecule has 2 unspecified atom stereocenters. The van der Waals surface area contributed by atoms with Gasteiger partial charge in [0.1, 0.15) is 0 Å². The molecule has 3 heteroatoms. The van der Waals surface area contributed by atoms with E-state index in [1.807, 2.05) is 6.92 Å². The molecule has 1 N–H and O–H groups in total. The van der Waals surface area contributed by atoms with Gasteiger partial charge in [-0.15, -0.1) is 0 Å². The molecule has 1 rings (SSSR count). The monoisotopic (exact) mass is 229 g/mol. The van der Waals surface area contributed by atoms with Crippen LogP contribution in [0.3, 0.4) is 0 Å². The fraction of sp³-hybridized carbons (Fsp3) is 1.00. The summed E-state index contributed by atoms with van der Waals surface area (Å²) >= 11 is 0. The maximum atomic E-state index is 10.3. The van der Waals surface area contributed by atoms with E-state index in [9.17, 15) is 5.11 Å². The van der Waals surface area contributed by atoms with Crippen LogP contribution in [0.5, 0.6) is 0 Å². The topological polar surface area (TPSA) is 32.7 Å². The molecule has 1 saturated heterocycles. The lowest BCUT2D eigenvalue weighted by atomic mass is 9.91. The van der Waals surface area contributed by atoms with Gasteiger partial charge in [0.05, 0.1) is 17.3 Å². The van der Waals surface area contributed by atoms with Crippen molar-refractivity contribution in [2.24, 2.45) is 5.92 Å². The Morgan fingerprint density at radius 2 is 2.06 bits per heavy atom. The van der Waals surface area contributed by atoms with Gasteiger partial charge in [0, 0.05) is 19.6 Å². The van der Waals surface area contributed by atoms with Gasteiger partial charge in [-0.05, 0) is 33.6 Å². The van der Waals surface area contributed by atoms with Crippen LogP contribution >= 0.6 is 0 Å². The van der Waals surface area contributed by atoms with E-state index >= 15 is 0 Å². The Hall–Kier alpha value is -0.120. The molecule has 0 aromatic rings. The highest BCUT2D eigenvalue weighted by atomic mass is 16.5. The first-order valence-electron chi connectivity index (χ1n) is 6.25. The van der Waals surface area contributed by atoms with Crippen molar-refractivity contribution in [3.05, 3.63) is 0 Å². The van der Waals surface area contributed by atoms with Crippen LogP contribution in [0.25, 0.3) is 0 Å². The predicted octanol–water partition coefficient (Wildman–Crippen LogP) is 1.89. The minimum atomic E-state index is -0.618. The third-order valence-corrected chi connectivity index (χ3v) is 3.43. The normalized spacial score (nSPS) is 30.4. The zero-order valence-corrected chi connectivity index (χ0v) is 11.6. The first-order valence-corrected chi connectivity index (χ1v) is 6.25. The van der Waals surface area contributed by atoms with Crippen LogP contribution in [0.2, 0.25) is 0 Å². The summed E-state index contributed by atoms with van der Waals surface area (Å²) in [6.45, 7) is 14.9. The average molecular weight is 229 g/mol. The molecule has 96 valence electrons. The molecule has 16 heavy (non-hydrogen) atoms. The molecule has 1 aliphatic heterocycles. The highest BCUT2D eigenvalue weighted by Crippen LogP contribution is 2.24. The maximum Gasteiger partial charge on any atom is 0.0768 e. The standard InChI is InChI=1S/C13H27NO2/c1-10(2)13(6,15)9-14-7-11(3)16-12(4,5)8-14/h10-11,15H,7-9H2,1-6H3. The van der Waals surface area contributed by atoms with Crippen molar-refractivity contribution in [2.45, 2.75) is 58.8 Å². The van der Waals surface area contributed by atoms with E-state index in [2.05, 4.69) is 39.5 Å². The van der Waals surface area contributed by atoms with E-state index in [0.29, 0.717) is 0 Å². The van der Waals surface area contributed by atoms with Gasteiger partial charge in [0.25, 0.3) is 0 Å². The molecule has 0 amide bonds. The molecular formula is C13H27NO2. The van der Waals surface area contributed by atoms with Crippen LogP contribution < -0.4 is 0 Å². The first-order chi connectivity index (χ1) is 7.12. The molecule has 3 nitrogen and oxygen atoms in total. The van der Waals surface area contributed by atoms with E-state index in [0.717, 1.165) is 19.6 Å². The van der Waals surface area contributed by atoms with Gasteiger partial charge in [0.15, 0.2) is 0 Å². The molecule has 0 aromatic heterocycles. The number of aliphatic hydroxyl groups is 1. The largest absolute Gasteiger partial charge is 0.389 e. The van der Waals surface area contributed by atoms with Crippen LogP contribution in [-0.4, -0.2) is 46.9 Å². The molecule has 0 radical (unpaired) electrons. The lowest BCUT2D eigenvalue weighted by molar-refractivity contribution is -0.144. The van der Waals surface area contributed by atoms with E-state index in [4.69, 9.17) is 4.74 Å². The maximum absolute atomic E-state index is 10.3. The van der Waals surface area contributed by atoms with Gasteiger partial charge in [-0.3, -0.25) is 4.90 Å². The smallest absolute Gasteiger partial charge is 0.0768 e. The van der Waals surface area contributed by atoms with Gasteiger partial charge < -0.3 is 9.84 Å². The molecule has 2 atom stereocenters. The highest BCUT2D eigenvalue weighted by molar-refractivity contribution is 4.88. The molecular weight excluding hydrogens is 202 g/mol. The molecule has 1 aliphatic rings. The molecule has 1 fully saturated rings. The molecule has 0 saturated carbocycles. The summed E-state index contributed by atoms with van der Waals surface area (Å²) in [6, 6.07) is 0. The number of rotatable bonds is 3. The van der Waals surface area contributed by atoms with Gasteiger partial charge in [-0.1, -0.05) is 13.8 Å². The van der Waals surface area contributed by atoms with Crippen LogP contribution in [0, 0.1) is 5.92 Å². The summed E-state index contributed by atoms with van der Waals surface area (Å²) < 4.78 is 5.86. The average Bonchev–Trinajstić information content (AvgIpc) is 1.97. The van der Waals surface area contributed by atoms with Crippen molar-refractivity contribution in [1.29, 1.82) is 0 Å². The van der Waals surface area contributed by atoms with Gasteiger partial charge in [-0.2, -0.15) is 0 Å². The van der Waals surface area contributed by atoms with E-state index in [1.54, 1.807) is 0 Å². The van der Waals surface area contributed by atoms with Crippen molar-refractivity contribution < 1.29 is 9.84 Å². The van der Waals surface area contributed by atoms with E-state index in [-0.39, 0.29) is 17.6 Å². The summed E-state index contributed by atoms with van der Waals surface area (Å²) in [4.78, 5) is 2.31. The number of nitrogens with zero attached hydrogens (tertiary/aromatic N) is 1. The predicted molar refractivity (Wildman–Crippen MR) is 66.5 cm³/mol. The lowest BCUT2D eigenvalue weighted by Crippen LogP contribution is -2.56. The minimum Gasteiger partial charge on any atom is -0.389 e. The fourth-order valence-electron chi connectivity index (χ4n) is 2.34. The second kappa shape index (κ2) is 4.63.